The normalized spacial score (nSPS) is 15.8. The van der Waals surface area contributed by atoms with Crippen LogP contribution in [0, 0.1) is 0 Å². The standard InChI is InChI=1S/C21H25ClN2O4S/c1-28-20-12-11-17(14-18(20)22)29(26,27)24-19(13-15-7-3-2-4-8-15)21(25)23-16-9-5-6-10-16/h2-4,7-8,11-12,14,16,19,24H,5-6,9-10,13H2,1H3,(H,23,25)/t19-/m0/s1. The Balaban J connectivity index is 1.82. The first-order valence-corrected chi connectivity index (χ1v) is 11.5. The van der Waals surface area contributed by atoms with Crippen LogP contribution in [0.1, 0.15) is 31.2 Å². The van der Waals surface area contributed by atoms with Gasteiger partial charge in [0.15, 0.2) is 0 Å². The van der Waals surface area contributed by atoms with E-state index in [9.17, 15) is 13.2 Å². The van der Waals surface area contributed by atoms with Crippen molar-refractivity contribution < 1.29 is 17.9 Å². The van der Waals surface area contributed by atoms with Gasteiger partial charge < -0.3 is 10.1 Å². The topological polar surface area (TPSA) is 84.5 Å². The Morgan fingerprint density at radius 1 is 1.17 bits per heavy atom. The van der Waals surface area contributed by atoms with E-state index >= 15 is 0 Å². The van der Waals surface area contributed by atoms with Crippen LogP contribution in [0.4, 0.5) is 0 Å². The largest absolute Gasteiger partial charge is 0.495 e. The quantitative estimate of drug-likeness (QED) is 0.665. The number of carbonyl (C=O) groups is 1. The van der Waals surface area contributed by atoms with E-state index in [1.165, 1.54) is 25.3 Å². The van der Waals surface area contributed by atoms with Crippen molar-refractivity contribution in [2.24, 2.45) is 0 Å². The van der Waals surface area contributed by atoms with E-state index in [1.54, 1.807) is 0 Å². The molecule has 0 aromatic heterocycles. The molecule has 1 aliphatic rings. The zero-order valence-electron chi connectivity index (χ0n) is 16.2. The minimum absolute atomic E-state index is 0.0185. The molecule has 0 bridgehead atoms. The molecule has 0 heterocycles. The highest BCUT2D eigenvalue weighted by Gasteiger charge is 2.28. The Morgan fingerprint density at radius 3 is 2.48 bits per heavy atom. The molecule has 156 valence electrons. The average Bonchev–Trinajstić information content (AvgIpc) is 3.21. The van der Waals surface area contributed by atoms with E-state index in [1.807, 2.05) is 30.3 Å². The van der Waals surface area contributed by atoms with E-state index < -0.39 is 16.1 Å². The number of rotatable bonds is 8. The van der Waals surface area contributed by atoms with Crippen molar-refractivity contribution in [3.8, 4) is 5.75 Å². The molecule has 1 atom stereocenters. The molecule has 0 aliphatic heterocycles. The molecule has 1 saturated carbocycles. The summed E-state index contributed by atoms with van der Waals surface area (Å²) in [6.45, 7) is 0. The Labute approximate surface area is 176 Å². The molecule has 1 aliphatic carbocycles. The van der Waals surface area contributed by atoms with Crippen LogP contribution in [-0.2, 0) is 21.2 Å². The Bertz CT molecular complexity index is 944. The summed E-state index contributed by atoms with van der Waals surface area (Å²) in [5, 5.41) is 3.18. The number of benzene rings is 2. The Hall–Kier alpha value is -2.09. The Morgan fingerprint density at radius 2 is 1.86 bits per heavy atom. The van der Waals surface area contributed by atoms with Crippen molar-refractivity contribution >= 4 is 27.5 Å². The highest BCUT2D eigenvalue weighted by Crippen LogP contribution is 2.27. The summed E-state index contributed by atoms with van der Waals surface area (Å²) in [7, 11) is -2.50. The minimum Gasteiger partial charge on any atom is -0.495 e. The third-order valence-corrected chi connectivity index (χ3v) is 6.80. The van der Waals surface area contributed by atoms with Gasteiger partial charge in [-0.25, -0.2) is 8.42 Å². The van der Waals surface area contributed by atoms with Crippen LogP contribution in [-0.4, -0.2) is 33.5 Å². The molecule has 0 saturated heterocycles. The second kappa shape index (κ2) is 9.61. The lowest BCUT2D eigenvalue weighted by Crippen LogP contribution is -2.50. The van der Waals surface area contributed by atoms with Crippen molar-refractivity contribution in [3.63, 3.8) is 0 Å². The summed E-state index contributed by atoms with van der Waals surface area (Å²) in [6.07, 6.45) is 4.24. The molecule has 1 amide bonds. The summed E-state index contributed by atoms with van der Waals surface area (Å²) in [6, 6.07) is 12.7. The second-order valence-electron chi connectivity index (χ2n) is 7.15. The molecule has 1 fully saturated rings. The van der Waals surface area contributed by atoms with E-state index in [0.29, 0.717) is 5.75 Å². The van der Waals surface area contributed by atoms with E-state index in [2.05, 4.69) is 10.0 Å². The maximum absolute atomic E-state index is 12.9. The molecule has 6 nitrogen and oxygen atoms in total. The van der Waals surface area contributed by atoms with E-state index in [-0.39, 0.29) is 28.3 Å². The van der Waals surface area contributed by atoms with Crippen LogP contribution < -0.4 is 14.8 Å². The lowest BCUT2D eigenvalue weighted by Gasteiger charge is -2.21. The smallest absolute Gasteiger partial charge is 0.241 e. The maximum atomic E-state index is 12.9. The lowest BCUT2D eigenvalue weighted by atomic mass is 10.1. The predicted molar refractivity (Wildman–Crippen MR) is 113 cm³/mol. The van der Waals surface area contributed by atoms with Gasteiger partial charge in [0.25, 0.3) is 0 Å². The van der Waals surface area contributed by atoms with Crippen molar-refractivity contribution in [1.29, 1.82) is 0 Å². The number of hydrogen-bond acceptors (Lipinski definition) is 4. The zero-order chi connectivity index (χ0) is 20.9. The number of hydrogen-bond donors (Lipinski definition) is 2. The van der Waals surface area contributed by atoms with E-state index in [0.717, 1.165) is 31.2 Å². The van der Waals surface area contributed by atoms with Crippen molar-refractivity contribution in [3.05, 3.63) is 59.1 Å². The SMILES string of the molecule is COc1ccc(S(=O)(=O)N[C@@H](Cc2ccccc2)C(=O)NC2CCCC2)cc1Cl. The molecule has 0 radical (unpaired) electrons. The van der Waals surface area contributed by atoms with Gasteiger partial charge in [-0.3, -0.25) is 4.79 Å². The zero-order valence-corrected chi connectivity index (χ0v) is 17.8. The molecule has 0 spiro atoms. The molecule has 2 N–H and O–H groups in total. The van der Waals surface area contributed by atoms with Gasteiger partial charge in [-0.15, -0.1) is 0 Å². The first-order chi connectivity index (χ1) is 13.9. The van der Waals surface area contributed by atoms with Crippen LogP contribution in [0.2, 0.25) is 5.02 Å². The highest BCUT2D eigenvalue weighted by atomic mass is 35.5. The molecule has 2 aromatic carbocycles. The van der Waals surface area contributed by atoms with Crippen LogP contribution in [0.25, 0.3) is 0 Å². The fourth-order valence-corrected chi connectivity index (χ4v) is 5.02. The monoisotopic (exact) mass is 436 g/mol. The van der Waals surface area contributed by atoms with Gasteiger partial charge in [-0.05, 0) is 43.0 Å². The second-order valence-corrected chi connectivity index (χ2v) is 9.27. The van der Waals surface area contributed by atoms with Crippen molar-refractivity contribution in [2.75, 3.05) is 7.11 Å². The number of sulfonamides is 1. The van der Waals surface area contributed by atoms with Gasteiger partial charge in [0, 0.05) is 6.04 Å². The van der Waals surface area contributed by atoms with Gasteiger partial charge in [0.05, 0.1) is 17.0 Å². The van der Waals surface area contributed by atoms with Gasteiger partial charge in [0.2, 0.25) is 15.9 Å². The van der Waals surface area contributed by atoms with Crippen molar-refractivity contribution in [1.82, 2.24) is 10.0 Å². The van der Waals surface area contributed by atoms with Gasteiger partial charge in [-0.1, -0.05) is 54.8 Å². The fourth-order valence-electron chi connectivity index (χ4n) is 3.48. The number of amides is 1. The first-order valence-electron chi connectivity index (χ1n) is 9.59. The van der Waals surface area contributed by atoms with Crippen molar-refractivity contribution in [2.45, 2.75) is 49.1 Å². The van der Waals surface area contributed by atoms with Gasteiger partial charge in [0.1, 0.15) is 11.8 Å². The summed E-state index contributed by atoms with van der Waals surface area (Å²) in [4.78, 5) is 12.9. The summed E-state index contributed by atoms with van der Waals surface area (Å²) >= 11 is 6.08. The van der Waals surface area contributed by atoms with Crippen LogP contribution in [0.3, 0.4) is 0 Å². The third-order valence-electron chi connectivity index (χ3n) is 5.03. The van der Waals surface area contributed by atoms with Crippen LogP contribution in [0.15, 0.2) is 53.4 Å². The maximum Gasteiger partial charge on any atom is 0.241 e. The minimum atomic E-state index is -3.96. The predicted octanol–water partition coefficient (Wildman–Crippen LogP) is 3.30. The number of methoxy groups -OCH3 is 1. The summed E-state index contributed by atoms with van der Waals surface area (Å²) < 4.78 is 33.5. The van der Waals surface area contributed by atoms with Gasteiger partial charge >= 0.3 is 0 Å². The highest BCUT2D eigenvalue weighted by molar-refractivity contribution is 7.89. The molecule has 3 rings (SSSR count). The first kappa shape index (κ1) is 21.6. The van der Waals surface area contributed by atoms with Gasteiger partial charge in [-0.2, -0.15) is 4.72 Å². The number of nitrogens with one attached hydrogen (secondary N) is 2. The number of ether oxygens (including phenoxy) is 1. The molecular formula is C21H25ClN2O4S. The summed E-state index contributed by atoms with van der Waals surface area (Å²) in [5.41, 5.74) is 0.870. The number of carbonyl (C=O) groups excluding carboxylic acids is 1. The third kappa shape index (κ3) is 5.72. The van der Waals surface area contributed by atoms with Crippen LogP contribution in [0.5, 0.6) is 5.75 Å². The lowest BCUT2D eigenvalue weighted by molar-refractivity contribution is -0.123. The molecule has 8 heteroatoms. The fraction of sp³-hybridized carbons (Fsp3) is 0.381. The molecule has 0 unspecified atom stereocenters. The Kier molecular flexibility index (Phi) is 7.16. The number of halogens is 1. The molecule has 29 heavy (non-hydrogen) atoms. The molecular weight excluding hydrogens is 412 g/mol. The summed E-state index contributed by atoms with van der Waals surface area (Å²) in [5.74, 6) is 0.0642. The molecule has 2 aromatic rings. The van der Waals surface area contributed by atoms with Crippen LogP contribution >= 0.6 is 11.6 Å². The van der Waals surface area contributed by atoms with E-state index in [4.69, 9.17) is 16.3 Å². The average molecular weight is 437 g/mol.